The van der Waals surface area contributed by atoms with Gasteiger partial charge in [-0.15, -0.1) is 0 Å². The highest BCUT2D eigenvalue weighted by molar-refractivity contribution is 5.92. The van der Waals surface area contributed by atoms with E-state index in [2.05, 4.69) is 6.58 Å². The van der Waals surface area contributed by atoms with Gasteiger partial charge >= 0.3 is 5.97 Å². The molecule has 0 aliphatic carbocycles. The highest BCUT2D eigenvalue weighted by Crippen LogP contribution is 2.48. The van der Waals surface area contributed by atoms with Crippen molar-refractivity contribution >= 4 is 17.5 Å². The van der Waals surface area contributed by atoms with Crippen LogP contribution in [-0.4, -0.2) is 70.5 Å². The van der Waals surface area contributed by atoms with E-state index in [1.807, 2.05) is 0 Å². The van der Waals surface area contributed by atoms with Crippen molar-refractivity contribution in [2.75, 3.05) is 7.11 Å². The molecule has 2 bridgehead atoms. The van der Waals surface area contributed by atoms with Crippen LogP contribution in [0.15, 0.2) is 12.2 Å². The third-order valence-corrected chi connectivity index (χ3v) is 6.10. The van der Waals surface area contributed by atoms with E-state index < -0.39 is 47.5 Å². The Morgan fingerprint density at radius 1 is 1.25 bits per heavy atom. The molecule has 0 amide bonds. The quantitative estimate of drug-likeness (QED) is 0.392. The summed E-state index contributed by atoms with van der Waals surface area (Å²) >= 11 is 0. The molecule has 3 aliphatic rings. The molecule has 0 aromatic carbocycles. The molecular formula is C20H28O8. The van der Waals surface area contributed by atoms with Gasteiger partial charge in [0.05, 0.1) is 24.9 Å². The molecule has 3 fully saturated rings. The van der Waals surface area contributed by atoms with Gasteiger partial charge in [0, 0.05) is 25.7 Å². The molecule has 3 heterocycles. The van der Waals surface area contributed by atoms with Crippen molar-refractivity contribution in [1.82, 2.24) is 0 Å². The first-order valence-electron chi connectivity index (χ1n) is 9.52. The Hall–Kier alpha value is -1.61. The van der Waals surface area contributed by atoms with E-state index in [0.29, 0.717) is 5.57 Å². The van der Waals surface area contributed by atoms with Gasteiger partial charge in [0.2, 0.25) is 5.60 Å². The Morgan fingerprint density at radius 2 is 1.93 bits per heavy atom. The third-order valence-electron chi connectivity index (χ3n) is 6.10. The number of hydrogen-bond donors (Lipinski definition) is 2. The van der Waals surface area contributed by atoms with E-state index in [1.54, 1.807) is 13.8 Å². The van der Waals surface area contributed by atoms with Crippen molar-refractivity contribution in [2.45, 2.75) is 81.6 Å². The van der Waals surface area contributed by atoms with Gasteiger partial charge in [-0.25, -0.2) is 4.79 Å². The minimum absolute atomic E-state index is 0.0312. The molecular weight excluding hydrogens is 368 g/mol. The van der Waals surface area contributed by atoms with Crippen molar-refractivity contribution in [2.24, 2.45) is 5.92 Å². The molecule has 28 heavy (non-hydrogen) atoms. The smallest absolute Gasteiger partial charge is 0.343 e. The maximum absolute atomic E-state index is 12.5. The molecule has 0 saturated carbocycles. The van der Waals surface area contributed by atoms with Crippen LogP contribution in [0, 0.1) is 5.92 Å². The number of epoxide rings is 1. The zero-order valence-corrected chi connectivity index (χ0v) is 16.5. The van der Waals surface area contributed by atoms with Gasteiger partial charge in [0.1, 0.15) is 18.0 Å². The Morgan fingerprint density at radius 3 is 2.54 bits per heavy atom. The van der Waals surface area contributed by atoms with Crippen LogP contribution in [0.1, 0.15) is 46.0 Å². The molecule has 3 saturated heterocycles. The molecule has 156 valence electrons. The Labute approximate surface area is 163 Å². The molecule has 0 unspecified atom stereocenters. The second-order valence-electron chi connectivity index (χ2n) is 8.54. The minimum Gasteiger partial charge on any atom is -0.467 e. The number of aliphatic hydroxyl groups is 2. The number of aliphatic hydroxyl groups excluding tert-OH is 2. The summed E-state index contributed by atoms with van der Waals surface area (Å²) < 4.78 is 16.2. The van der Waals surface area contributed by atoms with Crippen LogP contribution in [0.3, 0.4) is 0 Å². The standard InChI is InChI=1S/C20H28O8/c1-10(2)11-5-12(21)7-15-13(22)8-19(3,27-15)9-14(23)17-20(28-17,16(24)6-11)18(25)26-4/h11,14-17,23-24H,1,5-9H2,2-4H3/t11-,14-,15-,16+,17+,19+,20+/m1/s1. The Bertz CT molecular complexity index is 702. The number of hydrogen-bond acceptors (Lipinski definition) is 8. The summed E-state index contributed by atoms with van der Waals surface area (Å²) in [5.41, 5.74) is -2.00. The van der Waals surface area contributed by atoms with Gasteiger partial charge in [-0.1, -0.05) is 12.2 Å². The SMILES string of the molecule is C=C(C)[C@@H]1CC(=O)C[C@H]2O[C@@](C)(CC2=O)C[C@@H](O)[C@@H]2O[C@@]2(C(=O)OC)[C@@H](O)C1. The van der Waals surface area contributed by atoms with Crippen molar-refractivity contribution in [3.8, 4) is 0 Å². The lowest BCUT2D eigenvalue weighted by molar-refractivity contribution is -0.152. The molecule has 3 rings (SSSR count). The second-order valence-corrected chi connectivity index (χ2v) is 8.54. The number of allylic oxidation sites excluding steroid dienone is 1. The van der Waals surface area contributed by atoms with Crippen LogP contribution in [-0.2, 0) is 28.6 Å². The first-order valence-corrected chi connectivity index (χ1v) is 9.52. The van der Waals surface area contributed by atoms with Crippen molar-refractivity contribution in [3.63, 3.8) is 0 Å². The topological polar surface area (TPSA) is 123 Å². The molecule has 8 nitrogen and oxygen atoms in total. The first-order chi connectivity index (χ1) is 13.0. The highest BCUT2D eigenvalue weighted by atomic mass is 16.7. The predicted octanol–water partition coefficient (Wildman–Crippen LogP) is 0.471. The predicted molar refractivity (Wildman–Crippen MR) is 96.3 cm³/mol. The molecule has 2 N–H and O–H groups in total. The average Bonchev–Trinajstić information content (AvgIpc) is 3.29. The number of Topliss-reactive ketones (excluding diaryl/α,β-unsaturated/α-hetero) is 2. The zero-order chi connectivity index (χ0) is 20.9. The minimum atomic E-state index is -1.70. The van der Waals surface area contributed by atoms with Crippen LogP contribution in [0.25, 0.3) is 0 Å². The van der Waals surface area contributed by atoms with Gasteiger partial charge in [-0.3, -0.25) is 9.59 Å². The number of methoxy groups -OCH3 is 1. The summed E-state index contributed by atoms with van der Waals surface area (Å²) in [6, 6.07) is 0. The molecule has 8 heteroatoms. The molecule has 0 aromatic rings. The fraction of sp³-hybridized carbons (Fsp3) is 0.750. The molecule has 0 radical (unpaired) electrons. The first kappa shape index (κ1) is 21.1. The summed E-state index contributed by atoms with van der Waals surface area (Å²) in [7, 11) is 1.18. The van der Waals surface area contributed by atoms with E-state index in [4.69, 9.17) is 14.2 Å². The summed E-state index contributed by atoms with van der Waals surface area (Å²) in [6.07, 6.45) is -4.08. The van der Waals surface area contributed by atoms with Crippen molar-refractivity contribution < 1.29 is 38.8 Å². The summed E-state index contributed by atoms with van der Waals surface area (Å²) in [4.78, 5) is 37.3. The van der Waals surface area contributed by atoms with Gasteiger partial charge in [-0.05, 0) is 26.2 Å². The highest BCUT2D eigenvalue weighted by Gasteiger charge is 2.71. The second kappa shape index (κ2) is 7.33. The van der Waals surface area contributed by atoms with Gasteiger partial charge in [0.15, 0.2) is 5.78 Å². The summed E-state index contributed by atoms with van der Waals surface area (Å²) in [5.74, 6) is -1.54. The zero-order valence-electron chi connectivity index (χ0n) is 16.5. The lowest BCUT2D eigenvalue weighted by atomic mass is 9.81. The molecule has 0 spiro atoms. The van der Waals surface area contributed by atoms with Crippen LogP contribution in [0.2, 0.25) is 0 Å². The van der Waals surface area contributed by atoms with Gasteiger partial charge < -0.3 is 24.4 Å². The van der Waals surface area contributed by atoms with Crippen LogP contribution in [0.4, 0.5) is 0 Å². The van der Waals surface area contributed by atoms with Gasteiger partial charge in [0.25, 0.3) is 0 Å². The Balaban J connectivity index is 1.95. The third kappa shape index (κ3) is 3.66. The lowest BCUT2D eigenvalue weighted by Crippen LogP contribution is -2.45. The van der Waals surface area contributed by atoms with Crippen LogP contribution < -0.4 is 0 Å². The van der Waals surface area contributed by atoms with E-state index in [1.165, 1.54) is 7.11 Å². The number of carbonyl (C=O) groups is 3. The fourth-order valence-electron chi connectivity index (χ4n) is 4.50. The number of esters is 1. The lowest BCUT2D eigenvalue weighted by Gasteiger charge is -2.27. The van der Waals surface area contributed by atoms with E-state index in [0.717, 1.165) is 0 Å². The van der Waals surface area contributed by atoms with E-state index in [-0.39, 0.29) is 43.7 Å². The molecule has 0 aromatic heterocycles. The monoisotopic (exact) mass is 396 g/mol. The number of ketones is 2. The Kier molecular flexibility index (Phi) is 5.53. The number of ether oxygens (including phenoxy) is 3. The van der Waals surface area contributed by atoms with Crippen LogP contribution in [0.5, 0.6) is 0 Å². The number of fused-ring (bicyclic) bond motifs is 3. The molecule has 3 aliphatic heterocycles. The number of rotatable bonds is 2. The van der Waals surface area contributed by atoms with E-state index >= 15 is 0 Å². The summed E-state index contributed by atoms with van der Waals surface area (Å²) in [5, 5.41) is 21.5. The largest absolute Gasteiger partial charge is 0.467 e. The average molecular weight is 396 g/mol. The van der Waals surface area contributed by atoms with Crippen molar-refractivity contribution in [3.05, 3.63) is 12.2 Å². The maximum atomic E-state index is 12.5. The fourth-order valence-corrected chi connectivity index (χ4v) is 4.50. The normalized spacial score (nSPS) is 44.0. The van der Waals surface area contributed by atoms with E-state index in [9.17, 15) is 24.6 Å². The van der Waals surface area contributed by atoms with Crippen LogP contribution >= 0.6 is 0 Å². The van der Waals surface area contributed by atoms with Crippen molar-refractivity contribution in [1.29, 1.82) is 0 Å². The maximum Gasteiger partial charge on any atom is 0.343 e. The van der Waals surface area contributed by atoms with Gasteiger partial charge in [-0.2, -0.15) is 0 Å². The summed E-state index contributed by atoms with van der Waals surface area (Å²) in [6.45, 7) is 7.31. The number of carbonyl (C=O) groups excluding carboxylic acids is 3. The molecule has 7 atom stereocenters.